The minimum absolute atomic E-state index is 0.0312. The Labute approximate surface area is 81.8 Å². The molecule has 0 atom stereocenters. The van der Waals surface area contributed by atoms with Crippen LogP contribution in [0.2, 0.25) is 5.02 Å². The van der Waals surface area contributed by atoms with Crippen molar-refractivity contribution in [1.29, 1.82) is 0 Å². The molecule has 0 fully saturated rings. The highest BCUT2D eigenvalue weighted by molar-refractivity contribution is 6.31. The van der Waals surface area contributed by atoms with Gasteiger partial charge in [0, 0.05) is 12.0 Å². The van der Waals surface area contributed by atoms with Crippen LogP contribution in [-0.4, -0.2) is 16.8 Å². The average molecular weight is 197 g/mol. The lowest BCUT2D eigenvalue weighted by Gasteiger charge is -1.95. The predicted octanol–water partition coefficient (Wildman–Crippen LogP) is 1.78. The number of phenolic OH excluding ortho intramolecular Hbond substituents is 1. The molecule has 0 spiro atoms. The molecule has 0 aliphatic rings. The second-order valence-electron chi connectivity index (χ2n) is 2.44. The van der Waals surface area contributed by atoms with Gasteiger partial charge in [-0.2, -0.15) is 0 Å². The van der Waals surface area contributed by atoms with Gasteiger partial charge in [-0.25, -0.2) is 0 Å². The Morgan fingerprint density at radius 1 is 1.38 bits per heavy atom. The molecule has 0 radical (unpaired) electrons. The maximum atomic E-state index is 9.12. The number of hydrogen-bond acceptors (Lipinski definition) is 2. The first-order chi connectivity index (χ1) is 6.24. The van der Waals surface area contributed by atoms with Crippen molar-refractivity contribution in [3.63, 3.8) is 0 Å². The summed E-state index contributed by atoms with van der Waals surface area (Å²) in [6, 6.07) is 4.58. The molecule has 0 amide bonds. The Bertz CT molecular complexity index is 350. The van der Waals surface area contributed by atoms with Crippen LogP contribution in [-0.2, 0) is 0 Å². The van der Waals surface area contributed by atoms with Gasteiger partial charge in [-0.05, 0) is 18.2 Å². The zero-order chi connectivity index (χ0) is 9.68. The van der Waals surface area contributed by atoms with E-state index in [1.54, 1.807) is 6.07 Å². The molecule has 68 valence electrons. The first-order valence-corrected chi connectivity index (χ1v) is 4.20. The molecule has 3 heteroatoms. The van der Waals surface area contributed by atoms with E-state index in [4.69, 9.17) is 21.8 Å². The van der Waals surface area contributed by atoms with Crippen molar-refractivity contribution in [2.24, 2.45) is 0 Å². The largest absolute Gasteiger partial charge is 0.508 e. The molecule has 0 bridgehead atoms. The molecule has 0 saturated heterocycles. The van der Waals surface area contributed by atoms with E-state index in [2.05, 4.69) is 11.8 Å². The van der Waals surface area contributed by atoms with Gasteiger partial charge < -0.3 is 10.2 Å². The Balaban J connectivity index is 2.89. The van der Waals surface area contributed by atoms with Crippen molar-refractivity contribution in [3.05, 3.63) is 28.8 Å². The van der Waals surface area contributed by atoms with Gasteiger partial charge in [-0.1, -0.05) is 23.4 Å². The molecule has 0 saturated carbocycles. The highest BCUT2D eigenvalue weighted by Crippen LogP contribution is 2.19. The zero-order valence-electron chi connectivity index (χ0n) is 6.92. The zero-order valence-corrected chi connectivity index (χ0v) is 7.67. The normalized spacial score (nSPS) is 9.08. The van der Waals surface area contributed by atoms with Crippen LogP contribution in [0.1, 0.15) is 12.0 Å². The fourth-order valence-corrected chi connectivity index (χ4v) is 0.987. The Hall–Kier alpha value is -1.17. The van der Waals surface area contributed by atoms with Gasteiger partial charge in [0.2, 0.25) is 0 Å². The number of benzene rings is 1. The molecule has 0 aromatic heterocycles. The van der Waals surface area contributed by atoms with E-state index in [1.807, 2.05) is 0 Å². The average Bonchev–Trinajstić information content (AvgIpc) is 2.11. The summed E-state index contributed by atoms with van der Waals surface area (Å²) in [4.78, 5) is 0. The van der Waals surface area contributed by atoms with Crippen LogP contribution in [0.4, 0.5) is 0 Å². The summed E-state index contributed by atoms with van der Waals surface area (Å²) < 4.78 is 0. The van der Waals surface area contributed by atoms with Crippen molar-refractivity contribution >= 4 is 11.6 Å². The Morgan fingerprint density at radius 2 is 2.15 bits per heavy atom. The van der Waals surface area contributed by atoms with Gasteiger partial charge in [0.1, 0.15) is 5.75 Å². The summed E-state index contributed by atoms with van der Waals surface area (Å²) in [6.07, 6.45) is 0.409. The van der Waals surface area contributed by atoms with Crippen LogP contribution in [0.5, 0.6) is 5.75 Å². The number of aliphatic hydroxyl groups excluding tert-OH is 1. The van der Waals surface area contributed by atoms with Crippen LogP contribution in [0.3, 0.4) is 0 Å². The predicted molar refractivity (Wildman–Crippen MR) is 51.7 cm³/mol. The molecule has 0 heterocycles. The van der Waals surface area contributed by atoms with Crippen LogP contribution in [0, 0.1) is 11.8 Å². The number of hydrogen-bond donors (Lipinski definition) is 2. The smallest absolute Gasteiger partial charge is 0.116 e. The molecule has 2 N–H and O–H groups in total. The van der Waals surface area contributed by atoms with E-state index >= 15 is 0 Å². The van der Waals surface area contributed by atoms with Crippen molar-refractivity contribution in [2.75, 3.05) is 6.61 Å². The monoisotopic (exact) mass is 196 g/mol. The number of aromatic hydroxyl groups is 1. The molecule has 1 aromatic rings. The van der Waals surface area contributed by atoms with Gasteiger partial charge in [-0.15, -0.1) is 0 Å². The van der Waals surface area contributed by atoms with Gasteiger partial charge >= 0.3 is 0 Å². The summed E-state index contributed by atoms with van der Waals surface area (Å²) in [5, 5.41) is 18.1. The number of phenols is 1. The summed E-state index contributed by atoms with van der Waals surface area (Å²) in [5.74, 6) is 5.61. The highest BCUT2D eigenvalue weighted by Gasteiger charge is 1.96. The molecule has 0 aliphatic heterocycles. The van der Waals surface area contributed by atoms with Gasteiger partial charge in [0.15, 0.2) is 0 Å². The van der Waals surface area contributed by atoms with Crippen molar-refractivity contribution in [2.45, 2.75) is 6.42 Å². The Kier molecular flexibility index (Phi) is 3.63. The molecular formula is C10H9ClO2. The van der Waals surface area contributed by atoms with E-state index < -0.39 is 0 Å². The Morgan fingerprint density at radius 3 is 2.85 bits per heavy atom. The van der Waals surface area contributed by atoms with Gasteiger partial charge in [0.05, 0.1) is 11.6 Å². The number of aliphatic hydroxyl groups is 1. The number of halogens is 1. The third-order valence-electron chi connectivity index (χ3n) is 1.41. The first-order valence-electron chi connectivity index (χ1n) is 3.82. The van der Waals surface area contributed by atoms with E-state index in [1.165, 1.54) is 12.1 Å². The third kappa shape index (κ3) is 2.98. The van der Waals surface area contributed by atoms with E-state index in [9.17, 15) is 0 Å². The second kappa shape index (κ2) is 4.76. The summed E-state index contributed by atoms with van der Waals surface area (Å²) >= 11 is 5.80. The number of rotatable bonds is 1. The van der Waals surface area contributed by atoms with E-state index in [0.29, 0.717) is 17.0 Å². The highest BCUT2D eigenvalue weighted by atomic mass is 35.5. The summed E-state index contributed by atoms with van der Waals surface area (Å²) in [5.41, 5.74) is 0.579. The topological polar surface area (TPSA) is 40.5 Å². The van der Waals surface area contributed by atoms with Gasteiger partial charge in [0.25, 0.3) is 0 Å². The van der Waals surface area contributed by atoms with Crippen molar-refractivity contribution in [3.8, 4) is 17.6 Å². The van der Waals surface area contributed by atoms with Crippen LogP contribution in [0.15, 0.2) is 18.2 Å². The van der Waals surface area contributed by atoms with Crippen LogP contribution < -0.4 is 0 Å². The van der Waals surface area contributed by atoms with E-state index in [0.717, 1.165) is 0 Å². The minimum atomic E-state index is 0.0312. The molecule has 13 heavy (non-hydrogen) atoms. The SMILES string of the molecule is OCCC#Cc1cc(O)ccc1Cl. The van der Waals surface area contributed by atoms with E-state index in [-0.39, 0.29) is 12.4 Å². The fourth-order valence-electron chi connectivity index (χ4n) is 0.823. The molecule has 2 nitrogen and oxygen atoms in total. The van der Waals surface area contributed by atoms with Crippen molar-refractivity contribution in [1.82, 2.24) is 0 Å². The lowest BCUT2D eigenvalue weighted by Crippen LogP contribution is -1.79. The lowest BCUT2D eigenvalue weighted by molar-refractivity contribution is 0.305. The third-order valence-corrected chi connectivity index (χ3v) is 1.74. The quantitative estimate of drug-likeness (QED) is 0.673. The molecular weight excluding hydrogens is 188 g/mol. The summed E-state index contributed by atoms with van der Waals surface area (Å²) in [6.45, 7) is 0.0312. The maximum absolute atomic E-state index is 9.12. The molecule has 0 aliphatic carbocycles. The molecule has 0 unspecified atom stereocenters. The standard InChI is InChI=1S/C10H9ClO2/c11-10-5-4-9(13)7-8(10)3-1-2-6-12/h4-5,7,12-13H,2,6H2. The van der Waals surface area contributed by atoms with Gasteiger partial charge in [-0.3, -0.25) is 0 Å². The first kappa shape index (κ1) is 9.91. The maximum Gasteiger partial charge on any atom is 0.116 e. The van der Waals surface area contributed by atoms with Crippen LogP contribution >= 0.6 is 11.6 Å². The molecule has 1 rings (SSSR count). The fraction of sp³-hybridized carbons (Fsp3) is 0.200. The van der Waals surface area contributed by atoms with Crippen molar-refractivity contribution < 1.29 is 10.2 Å². The minimum Gasteiger partial charge on any atom is -0.508 e. The summed E-state index contributed by atoms with van der Waals surface area (Å²) in [7, 11) is 0. The molecule has 1 aromatic carbocycles. The lowest BCUT2D eigenvalue weighted by atomic mass is 10.2. The van der Waals surface area contributed by atoms with Crippen LogP contribution in [0.25, 0.3) is 0 Å². The second-order valence-corrected chi connectivity index (χ2v) is 2.85.